The van der Waals surface area contributed by atoms with Gasteiger partial charge in [0.25, 0.3) is 5.91 Å². The Morgan fingerprint density at radius 3 is 2.67 bits per heavy atom. The Balaban J connectivity index is 1.12. The summed E-state index contributed by atoms with van der Waals surface area (Å²) in [4.78, 5) is 30.9. The summed E-state index contributed by atoms with van der Waals surface area (Å²) in [5.41, 5.74) is 9.91. The molecule has 3 aromatic rings. The summed E-state index contributed by atoms with van der Waals surface area (Å²) in [7, 11) is 0. The molecular weight excluding hydrogens is 535 g/mol. The molecule has 1 aromatic heterocycles. The number of rotatable bonds is 6. The van der Waals surface area contributed by atoms with E-state index < -0.39 is 5.82 Å². The van der Waals surface area contributed by atoms with E-state index in [1.807, 2.05) is 6.92 Å². The number of hydrogen-bond acceptors (Lipinski definition) is 9. The molecule has 218 valence electrons. The van der Waals surface area contributed by atoms with E-state index in [9.17, 15) is 14.3 Å². The minimum Gasteiger partial charge on any atom is -0.505 e. The summed E-state index contributed by atoms with van der Waals surface area (Å²) in [6.07, 6.45) is 8.07. The molecule has 10 nitrogen and oxygen atoms in total. The third-order valence-corrected chi connectivity index (χ3v) is 8.44. The number of aryl methyl sites for hydroxylation is 1. The second-order valence-corrected chi connectivity index (χ2v) is 11.1. The van der Waals surface area contributed by atoms with Gasteiger partial charge in [0.2, 0.25) is 0 Å². The lowest BCUT2D eigenvalue weighted by Crippen LogP contribution is -2.52. The summed E-state index contributed by atoms with van der Waals surface area (Å²) < 4.78 is 14.1. The van der Waals surface area contributed by atoms with Crippen molar-refractivity contribution in [2.45, 2.75) is 51.1 Å². The van der Waals surface area contributed by atoms with Crippen molar-refractivity contribution in [2.75, 3.05) is 36.8 Å². The average Bonchev–Trinajstić information content (AvgIpc) is 3.45. The van der Waals surface area contributed by atoms with Gasteiger partial charge < -0.3 is 26.0 Å². The fourth-order valence-corrected chi connectivity index (χ4v) is 6.07. The molecule has 2 unspecified atom stereocenters. The summed E-state index contributed by atoms with van der Waals surface area (Å²) in [6.45, 7) is 4.85. The lowest BCUT2D eigenvalue weighted by atomic mass is 9.95. The minimum absolute atomic E-state index is 0.0513. The average molecular weight is 571 g/mol. The molecule has 0 aliphatic carbocycles. The molecule has 6 rings (SSSR count). The van der Waals surface area contributed by atoms with Crippen LogP contribution in [-0.4, -0.2) is 75.7 Å². The quantitative estimate of drug-likeness (QED) is 0.261. The first-order chi connectivity index (χ1) is 20.3. The van der Waals surface area contributed by atoms with E-state index in [0.717, 1.165) is 37.3 Å². The second-order valence-electron chi connectivity index (χ2n) is 11.1. The first-order valence-electron chi connectivity index (χ1n) is 14.5. The number of carbonyl (C=O) groups is 1. The van der Waals surface area contributed by atoms with E-state index in [0.29, 0.717) is 59.8 Å². The van der Waals surface area contributed by atoms with Crippen LogP contribution in [0.1, 0.15) is 54.2 Å². The van der Waals surface area contributed by atoms with Crippen LogP contribution in [0.4, 0.5) is 15.9 Å². The Kier molecular flexibility index (Phi) is 7.49. The number of amidine groups is 1. The van der Waals surface area contributed by atoms with Crippen LogP contribution < -0.4 is 16.0 Å². The number of fused-ring (bicyclic) bond motifs is 1. The summed E-state index contributed by atoms with van der Waals surface area (Å²) >= 11 is 0. The van der Waals surface area contributed by atoms with Crippen LogP contribution >= 0.6 is 0 Å². The van der Waals surface area contributed by atoms with Crippen molar-refractivity contribution >= 4 is 29.0 Å². The van der Waals surface area contributed by atoms with E-state index >= 15 is 0 Å². The van der Waals surface area contributed by atoms with Crippen LogP contribution in [0.3, 0.4) is 0 Å². The highest BCUT2D eigenvalue weighted by Gasteiger charge is 2.37. The van der Waals surface area contributed by atoms with Crippen molar-refractivity contribution in [3.63, 3.8) is 0 Å². The SMILES string of the molecule is CCc1cc(O)c(F)cc1-c1ccc(C(=N)C2=NC3CCN(C(=O)c4cnc(N5CCCCC5)cn4)CC3N2)c(N)c1. The lowest BCUT2D eigenvalue weighted by molar-refractivity contribution is 0.0688. The minimum atomic E-state index is -0.696. The number of anilines is 2. The van der Waals surface area contributed by atoms with Gasteiger partial charge in [-0.25, -0.2) is 14.4 Å². The first kappa shape index (κ1) is 27.6. The van der Waals surface area contributed by atoms with Crippen molar-refractivity contribution in [1.29, 1.82) is 5.41 Å². The number of halogens is 1. The van der Waals surface area contributed by atoms with Crippen molar-refractivity contribution in [3.05, 3.63) is 65.4 Å². The summed E-state index contributed by atoms with van der Waals surface area (Å²) in [6, 6.07) is 7.83. The van der Waals surface area contributed by atoms with Crippen LogP contribution in [0.25, 0.3) is 11.1 Å². The molecule has 2 atom stereocenters. The van der Waals surface area contributed by atoms with Gasteiger partial charge in [-0.15, -0.1) is 0 Å². The fourth-order valence-electron chi connectivity index (χ4n) is 6.07. The molecule has 2 aromatic carbocycles. The third kappa shape index (κ3) is 5.26. The molecule has 1 amide bonds. The Morgan fingerprint density at radius 2 is 1.95 bits per heavy atom. The first-order valence-corrected chi connectivity index (χ1v) is 14.5. The highest BCUT2D eigenvalue weighted by molar-refractivity contribution is 6.47. The van der Waals surface area contributed by atoms with Gasteiger partial charge in [-0.05, 0) is 67.0 Å². The summed E-state index contributed by atoms with van der Waals surface area (Å²) in [5.74, 6) is 0.0153. The van der Waals surface area contributed by atoms with Gasteiger partial charge >= 0.3 is 0 Å². The van der Waals surface area contributed by atoms with Crippen molar-refractivity contribution in [2.24, 2.45) is 4.99 Å². The molecule has 3 aliphatic rings. The molecule has 5 N–H and O–H groups in total. The zero-order valence-electron chi connectivity index (χ0n) is 23.6. The van der Waals surface area contributed by atoms with Crippen LogP contribution in [0.2, 0.25) is 0 Å². The topological polar surface area (TPSA) is 144 Å². The number of hydrogen-bond donors (Lipinski definition) is 4. The maximum absolute atomic E-state index is 14.1. The highest BCUT2D eigenvalue weighted by Crippen LogP contribution is 2.32. The molecule has 11 heteroatoms. The third-order valence-electron chi connectivity index (χ3n) is 8.44. The number of likely N-dealkylation sites (tertiary alicyclic amines) is 1. The smallest absolute Gasteiger partial charge is 0.274 e. The maximum Gasteiger partial charge on any atom is 0.274 e. The molecule has 2 saturated heterocycles. The van der Waals surface area contributed by atoms with Crippen LogP contribution in [0.5, 0.6) is 5.75 Å². The molecular formula is C31H35FN8O2. The van der Waals surface area contributed by atoms with Gasteiger partial charge in [-0.3, -0.25) is 15.2 Å². The number of carbonyl (C=O) groups excluding carboxylic acids is 1. The van der Waals surface area contributed by atoms with Gasteiger partial charge in [-0.1, -0.05) is 19.1 Å². The molecule has 0 spiro atoms. The number of nitrogens with one attached hydrogen (secondary N) is 2. The standard InChI is InChI=1S/C31H35FN8O2/c1-2-18-13-27(41)22(32)14-21(18)19-6-7-20(23(33)12-19)29(34)30-37-24-8-11-40(17-26(24)38-30)31(42)25-15-36-28(16-35-25)39-9-4-3-5-10-39/h6-7,12-16,24,26,34,41H,2-5,8-11,17,33H2,1H3,(H,37,38). The van der Waals surface area contributed by atoms with Crippen LogP contribution in [0.15, 0.2) is 47.7 Å². The number of nitrogens with zero attached hydrogens (tertiary/aromatic N) is 5. The highest BCUT2D eigenvalue weighted by atomic mass is 19.1. The lowest BCUT2D eigenvalue weighted by Gasteiger charge is -2.33. The zero-order chi connectivity index (χ0) is 29.4. The number of amides is 1. The van der Waals surface area contributed by atoms with Gasteiger partial charge in [0.15, 0.2) is 11.6 Å². The number of aromatic hydroxyl groups is 1. The Bertz CT molecular complexity index is 1550. The molecule has 42 heavy (non-hydrogen) atoms. The maximum atomic E-state index is 14.1. The molecule has 0 saturated carbocycles. The number of piperidine rings is 2. The Labute approximate surface area is 244 Å². The fraction of sp³-hybridized carbons (Fsp3) is 0.387. The number of phenols is 1. The largest absolute Gasteiger partial charge is 0.505 e. The van der Waals surface area contributed by atoms with Crippen LogP contribution in [0, 0.1) is 11.2 Å². The monoisotopic (exact) mass is 570 g/mol. The van der Waals surface area contributed by atoms with Crippen molar-refractivity contribution in [3.8, 4) is 16.9 Å². The van der Waals surface area contributed by atoms with E-state index in [2.05, 4.69) is 20.2 Å². The molecule has 3 aliphatic heterocycles. The predicted molar refractivity (Wildman–Crippen MR) is 161 cm³/mol. The van der Waals surface area contributed by atoms with Gasteiger partial charge in [0, 0.05) is 37.4 Å². The van der Waals surface area contributed by atoms with Gasteiger partial charge in [-0.2, -0.15) is 0 Å². The number of aliphatic imine (C=N–C) groups is 1. The van der Waals surface area contributed by atoms with Gasteiger partial charge in [0.05, 0.1) is 24.5 Å². The summed E-state index contributed by atoms with van der Waals surface area (Å²) in [5, 5.41) is 21.9. The zero-order valence-corrected chi connectivity index (χ0v) is 23.6. The van der Waals surface area contributed by atoms with E-state index in [1.165, 1.54) is 18.6 Å². The number of phenolic OH excluding ortho intramolecular Hbond substituents is 1. The van der Waals surface area contributed by atoms with Crippen molar-refractivity contribution in [1.82, 2.24) is 20.2 Å². The molecule has 4 heterocycles. The second kappa shape index (κ2) is 11.4. The van der Waals surface area contributed by atoms with Gasteiger partial charge in [0.1, 0.15) is 23.1 Å². The van der Waals surface area contributed by atoms with E-state index in [4.69, 9.17) is 16.1 Å². The van der Waals surface area contributed by atoms with Crippen molar-refractivity contribution < 1.29 is 14.3 Å². The van der Waals surface area contributed by atoms with E-state index in [-0.39, 0.29) is 29.5 Å². The molecule has 0 radical (unpaired) electrons. The molecule has 2 fully saturated rings. The van der Waals surface area contributed by atoms with Crippen LogP contribution in [-0.2, 0) is 6.42 Å². The molecule has 0 bridgehead atoms. The Morgan fingerprint density at radius 1 is 1.14 bits per heavy atom. The van der Waals surface area contributed by atoms with E-state index in [1.54, 1.807) is 35.5 Å². The Hall–Kier alpha value is -4.54. The number of aromatic nitrogens is 2. The number of nitrogens with two attached hydrogens (primary N) is 1. The normalized spacial score (nSPS) is 20.1. The number of nitrogen functional groups attached to an aromatic ring is 1. The predicted octanol–water partition coefficient (Wildman–Crippen LogP) is 3.78. The number of benzene rings is 2.